The fraction of sp³-hybridized carbons (Fsp3) is 1.00. The first kappa shape index (κ1) is 13.9. The summed E-state index contributed by atoms with van der Waals surface area (Å²) < 4.78 is 28.0. The summed E-state index contributed by atoms with van der Waals surface area (Å²) in [5, 5.41) is 9.33. The van der Waals surface area contributed by atoms with Gasteiger partial charge in [0.25, 0.3) is 10.2 Å². The van der Waals surface area contributed by atoms with Crippen LogP contribution in [0.2, 0.25) is 0 Å². The van der Waals surface area contributed by atoms with E-state index in [1.807, 2.05) is 6.92 Å². The van der Waals surface area contributed by atoms with E-state index in [4.69, 9.17) is 0 Å². The van der Waals surface area contributed by atoms with Crippen LogP contribution in [0, 0.1) is 5.41 Å². The molecular weight excluding hydrogens is 228 g/mol. The Morgan fingerprint density at radius 3 is 2.38 bits per heavy atom. The highest BCUT2D eigenvalue weighted by molar-refractivity contribution is 7.87. The van der Waals surface area contributed by atoms with Crippen LogP contribution in [0.25, 0.3) is 0 Å². The quantitative estimate of drug-likeness (QED) is 0.611. The van der Waals surface area contributed by atoms with Gasteiger partial charge in [-0.2, -0.15) is 8.42 Å². The van der Waals surface area contributed by atoms with E-state index in [-0.39, 0.29) is 12.0 Å². The second-order valence-electron chi connectivity index (χ2n) is 4.58. The molecule has 0 radical (unpaired) electrons. The Morgan fingerprint density at radius 1 is 1.25 bits per heavy atom. The molecule has 0 amide bonds. The molecule has 1 aliphatic rings. The predicted octanol–water partition coefficient (Wildman–Crippen LogP) is 0.373. The Kier molecular flexibility index (Phi) is 5.17. The Morgan fingerprint density at radius 2 is 1.88 bits per heavy atom. The minimum absolute atomic E-state index is 0.0588. The van der Waals surface area contributed by atoms with Crippen molar-refractivity contribution in [2.75, 3.05) is 19.7 Å². The van der Waals surface area contributed by atoms with E-state index >= 15 is 0 Å². The van der Waals surface area contributed by atoms with Crippen LogP contribution in [0.5, 0.6) is 0 Å². The standard InChI is InChI=1S/C10H22N2O3S/c1-2-7-11-16(14,15)12-8-10(9-13)5-3-4-6-10/h11-13H,2-9H2,1H3. The Balaban J connectivity index is 2.43. The Labute approximate surface area is 97.8 Å². The third-order valence-corrected chi connectivity index (χ3v) is 4.29. The molecule has 16 heavy (non-hydrogen) atoms. The van der Waals surface area contributed by atoms with Gasteiger partial charge in [0, 0.05) is 25.1 Å². The molecule has 96 valence electrons. The molecule has 6 heteroatoms. The fourth-order valence-corrected chi connectivity index (χ4v) is 3.12. The summed E-state index contributed by atoms with van der Waals surface area (Å²) in [6, 6.07) is 0. The minimum Gasteiger partial charge on any atom is -0.396 e. The maximum atomic E-state index is 11.5. The van der Waals surface area contributed by atoms with Gasteiger partial charge in [-0.15, -0.1) is 0 Å². The lowest BCUT2D eigenvalue weighted by Crippen LogP contribution is -2.43. The predicted molar refractivity (Wildman–Crippen MR) is 63.2 cm³/mol. The molecule has 0 aromatic carbocycles. The second kappa shape index (κ2) is 5.95. The molecule has 0 saturated heterocycles. The molecule has 3 N–H and O–H groups in total. The second-order valence-corrected chi connectivity index (χ2v) is 6.17. The molecule has 0 aliphatic heterocycles. The average Bonchev–Trinajstić information content (AvgIpc) is 2.74. The fourth-order valence-electron chi connectivity index (χ4n) is 2.05. The van der Waals surface area contributed by atoms with Gasteiger partial charge in [0.2, 0.25) is 0 Å². The number of hydrogen-bond acceptors (Lipinski definition) is 3. The van der Waals surface area contributed by atoms with E-state index in [9.17, 15) is 13.5 Å². The number of aliphatic hydroxyl groups excluding tert-OH is 1. The van der Waals surface area contributed by atoms with Crippen molar-refractivity contribution in [1.29, 1.82) is 0 Å². The molecule has 0 heterocycles. The van der Waals surface area contributed by atoms with E-state index in [0.717, 1.165) is 32.1 Å². The molecule has 0 aromatic heterocycles. The van der Waals surface area contributed by atoms with Gasteiger partial charge in [0.05, 0.1) is 0 Å². The van der Waals surface area contributed by atoms with Crippen molar-refractivity contribution in [2.24, 2.45) is 5.41 Å². The molecule has 1 aliphatic carbocycles. The van der Waals surface area contributed by atoms with E-state index in [0.29, 0.717) is 13.1 Å². The van der Waals surface area contributed by atoms with E-state index < -0.39 is 10.2 Å². The molecule has 0 unspecified atom stereocenters. The van der Waals surface area contributed by atoms with Gasteiger partial charge in [-0.05, 0) is 19.3 Å². The van der Waals surface area contributed by atoms with E-state index in [1.54, 1.807) is 0 Å². The van der Waals surface area contributed by atoms with Crippen LogP contribution in [-0.2, 0) is 10.2 Å². The zero-order valence-electron chi connectivity index (χ0n) is 9.83. The summed E-state index contributed by atoms with van der Waals surface area (Å²) in [5.74, 6) is 0. The number of hydrogen-bond donors (Lipinski definition) is 3. The van der Waals surface area contributed by atoms with Crippen LogP contribution in [0.1, 0.15) is 39.0 Å². The number of rotatable bonds is 7. The summed E-state index contributed by atoms with van der Waals surface area (Å²) in [6.45, 7) is 2.75. The van der Waals surface area contributed by atoms with Crippen LogP contribution in [0.4, 0.5) is 0 Å². The van der Waals surface area contributed by atoms with E-state index in [1.165, 1.54) is 0 Å². The van der Waals surface area contributed by atoms with Crippen LogP contribution in [0.3, 0.4) is 0 Å². The van der Waals surface area contributed by atoms with Crippen molar-refractivity contribution in [3.63, 3.8) is 0 Å². The third-order valence-electron chi connectivity index (χ3n) is 3.18. The first-order valence-corrected chi connectivity index (χ1v) is 7.37. The van der Waals surface area contributed by atoms with Crippen LogP contribution in [-0.4, -0.2) is 33.2 Å². The topological polar surface area (TPSA) is 78.4 Å². The maximum Gasteiger partial charge on any atom is 0.276 e. The highest BCUT2D eigenvalue weighted by Crippen LogP contribution is 2.36. The lowest BCUT2D eigenvalue weighted by molar-refractivity contribution is 0.134. The van der Waals surface area contributed by atoms with Crippen molar-refractivity contribution < 1.29 is 13.5 Å². The van der Waals surface area contributed by atoms with Gasteiger partial charge < -0.3 is 5.11 Å². The minimum atomic E-state index is -3.39. The molecule has 0 bridgehead atoms. The molecule has 1 saturated carbocycles. The normalized spacial score (nSPS) is 20.1. The van der Waals surface area contributed by atoms with Gasteiger partial charge in [-0.3, -0.25) is 0 Å². The molecule has 5 nitrogen and oxygen atoms in total. The monoisotopic (exact) mass is 250 g/mol. The first-order valence-electron chi connectivity index (χ1n) is 5.89. The van der Waals surface area contributed by atoms with Gasteiger partial charge in [0.1, 0.15) is 0 Å². The molecule has 0 spiro atoms. The van der Waals surface area contributed by atoms with Gasteiger partial charge in [0.15, 0.2) is 0 Å². The molecule has 0 atom stereocenters. The van der Waals surface area contributed by atoms with Crippen LogP contribution >= 0.6 is 0 Å². The molecule has 1 rings (SSSR count). The highest BCUT2D eigenvalue weighted by Gasteiger charge is 2.34. The molecule has 1 fully saturated rings. The molecular formula is C10H22N2O3S. The largest absolute Gasteiger partial charge is 0.396 e. The average molecular weight is 250 g/mol. The van der Waals surface area contributed by atoms with Crippen molar-refractivity contribution in [1.82, 2.24) is 9.44 Å². The number of aliphatic hydroxyl groups is 1. The lowest BCUT2D eigenvalue weighted by atomic mass is 9.88. The van der Waals surface area contributed by atoms with Crippen molar-refractivity contribution >= 4 is 10.2 Å². The zero-order valence-corrected chi connectivity index (χ0v) is 10.6. The van der Waals surface area contributed by atoms with Gasteiger partial charge >= 0.3 is 0 Å². The smallest absolute Gasteiger partial charge is 0.276 e. The maximum absolute atomic E-state index is 11.5. The summed E-state index contributed by atoms with van der Waals surface area (Å²) >= 11 is 0. The third kappa shape index (κ3) is 4.01. The van der Waals surface area contributed by atoms with Gasteiger partial charge in [-0.1, -0.05) is 19.8 Å². The summed E-state index contributed by atoms with van der Waals surface area (Å²) in [5.41, 5.74) is -0.235. The van der Waals surface area contributed by atoms with Crippen molar-refractivity contribution in [2.45, 2.75) is 39.0 Å². The van der Waals surface area contributed by atoms with Gasteiger partial charge in [-0.25, -0.2) is 9.44 Å². The SMILES string of the molecule is CCCNS(=O)(=O)NCC1(CO)CCCC1. The molecule has 0 aromatic rings. The first-order chi connectivity index (χ1) is 7.54. The summed E-state index contributed by atoms with van der Waals surface area (Å²) in [7, 11) is -3.39. The van der Waals surface area contributed by atoms with Crippen molar-refractivity contribution in [3.05, 3.63) is 0 Å². The van der Waals surface area contributed by atoms with Crippen LogP contribution in [0.15, 0.2) is 0 Å². The van der Waals surface area contributed by atoms with E-state index in [2.05, 4.69) is 9.44 Å². The Bertz CT molecular complexity index is 297. The van der Waals surface area contributed by atoms with Crippen molar-refractivity contribution in [3.8, 4) is 0 Å². The summed E-state index contributed by atoms with van der Waals surface area (Å²) in [6.07, 6.45) is 4.72. The number of nitrogens with one attached hydrogen (secondary N) is 2. The summed E-state index contributed by atoms with van der Waals surface area (Å²) in [4.78, 5) is 0. The Hall–Kier alpha value is -0.170. The highest BCUT2D eigenvalue weighted by atomic mass is 32.2. The lowest BCUT2D eigenvalue weighted by Gasteiger charge is -2.26. The van der Waals surface area contributed by atoms with Crippen LogP contribution < -0.4 is 9.44 Å². The zero-order chi connectivity index (χ0) is 12.1.